The van der Waals surface area contributed by atoms with Crippen molar-refractivity contribution in [2.24, 2.45) is 5.92 Å². The van der Waals surface area contributed by atoms with Crippen LogP contribution in [-0.2, 0) is 0 Å². The minimum absolute atomic E-state index is 0.443. The molecule has 2 aromatic heterocycles. The van der Waals surface area contributed by atoms with Gasteiger partial charge in [0.15, 0.2) is 0 Å². The van der Waals surface area contributed by atoms with Crippen molar-refractivity contribution in [3.8, 4) is 16.9 Å². The third-order valence-corrected chi connectivity index (χ3v) is 4.97. The molecule has 1 aromatic carbocycles. The van der Waals surface area contributed by atoms with E-state index in [4.69, 9.17) is 16.3 Å². The van der Waals surface area contributed by atoms with E-state index in [9.17, 15) is 0 Å². The summed E-state index contributed by atoms with van der Waals surface area (Å²) in [7, 11) is 1.66. The molecule has 1 atom stereocenters. The maximum Gasteiger partial charge on any atom is 0.255 e. The Balaban J connectivity index is 1.92. The molecule has 0 N–H and O–H groups in total. The second-order valence-electron chi connectivity index (χ2n) is 6.49. The predicted molar refractivity (Wildman–Crippen MR) is 98.4 cm³/mol. The summed E-state index contributed by atoms with van der Waals surface area (Å²) in [5.74, 6) is 2.92. The molecule has 6 nitrogen and oxygen atoms in total. The van der Waals surface area contributed by atoms with E-state index in [0.29, 0.717) is 16.8 Å². The molecular formula is C18H20ClN5O. The van der Waals surface area contributed by atoms with E-state index in [-0.39, 0.29) is 0 Å². The number of halogens is 1. The van der Waals surface area contributed by atoms with Crippen LogP contribution in [0.15, 0.2) is 30.6 Å². The molecule has 0 amide bonds. The van der Waals surface area contributed by atoms with Gasteiger partial charge in [-0.3, -0.25) is 0 Å². The first-order valence-electron chi connectivity index (χ1n) is 8.46. The number of hydrogen-bond donors (Lipinski definition) is 0. The molecule has 3 aromatic rings. The van der Waals surface area contributed by atoms with Crippen LogP contribution in [0.4, 0.5) is 5.82 Å². The number of anilines is 1. The molecule has 1 fully saturated rings. The average Bonchev–Trinajstić information content (AvgIpc) is 3.08. The molecule has 25 heavy (non-hydrogen) atoms. The Hall–Kier alpha value is -2.34. The van der Waals surface area contributed by atoms with Gasteiger partial charge in [-0.1, -0.05) is 30.7 Å². The van der Waals surface area contributed by atoms with Gasteiger partial charge in [0.2, 0.25) is 0 Å². The summed E-state index contributed by atoms with van der Waals surface area (Å²) in [5.41, 5.74) is 1.88. The van der Waals surface area contributed by atoms with Crippen LogP contribution >= 0.6 is 11.6 Å². The lowest BCUT2D eigenvalue weighted by atomic mass is 9.99. The van der Waals surface area contributed by atoms with Crippen molar-refractivity contribution in [1.82, 2.24) is 19.6 Å². The fraction of sp³-hybridized carbons (Fsp3) is 0.389. The Morgan fingerprint density at radius 2 is 2.04 bits per heavy atom. The van der Waals surface area contributed by atoms with E-state index < -0.39 is 0 Å². The first-order valence-corrected chi connectivity index (χ1v) is 8.84. The minimum Gasteiger partial charge on any atom is -0.497 e. The van der Waals surface area contributed by atoms with Gasteiger partial charge >= 0.3 is 0 Å². The molecule has 1 aliphatic rings. The van der Waals surface area contributed by atoms with Crippen molar-refractivity contribution in [3.05, 3.63) is 35.7 Å². The Morgan fingerprint density at radius 1 is 1.24 bits per heavy atom. The van der Waals surface area contributed by atoms with Crippen LogP contribution in [-0.4, -0.2) is 39.8 Å². The zero-order valence-corrected chi connectivity index (χ0v) is 15.1. The average molecular weight is 358 g/mol. The van der Waals surface area contributed by atoms with E-state index in [1.807, 2.05) is 24.3 Å². The molecule has 130 valence electrons. The first kappa shape index (κ1) is 16.1. The first-order chi connectivity index (χ1) is 12.2. The highest BCUT2D eigenvalue weighted by Gasteiger charge is 2.25. The second-order valence-corrected chi connectivity index (χ2v) is 6.85. The van der Waals surface area contributed by atoms with Crippen LogP contribution < -0.4 is 9.64 Å². The number of piperidine rings is 1. The Kier molecular flexibility index (Phi) is 4.21. The second kappa shape index (κ2) is 6.52. The third-order valence-electron chi connectivity index (χ3n) is 4.69. The summed E-state index contributed by atoms with van der Waals surface area (Å²) in [6.45, 7) is 4.22. The van der Waals surface area contributed by atoms with Gasteiger partial charge in [0.1, 0.15) is 23.0 Å². The Morgan fingerprint density at radius 3 is 2.76 bits per heavy atom. The van der Waals surface area contributed by atoms with Crippen LogP contribution in [0, 0.1) is 5.92 Å². The molecule has 1 aliphatic heterocycles. The maximum atomic E-state index is 6.58. The summed E-state index contributed by atoms with van der Waals surface area (Å²) < 4.78 is 7.06. The maximum absolute atomic E-state index is 6.58. The van der Waals surface area contributed by atoms with Crippen molar-refractivity contribution in [1.29, 1.82) is 0 Å². The molecule has 0 spiro atoms. The number of methoxy groups -OCH3 is 1. The lowest BCUT2D eigenvalue weighted by Crippen LogP contribution is -2.36. The molecule has 0 saturated carbocycles. The van der Waals surface area contributed by atoms with Gasteiger partial charge in [0, 0.05) is 13.1 Å². The van der Waals surface area contributed by atoms with Crippen LogP contribution in [0.1, 0.15) is 19.8 Å². The Labute approximate surface area is 151 Å². The molecule has 0 radical (unpaired) electrons. The van der Waals surface area contributed by atoms with E-state index >= 15 is 0 Å². The van der Waals surface area contributed by atoms with Crippen molar-refractivity contribution in [2.45, 2.75) is 19.8 Å². The summed E-state index contributed by atoms with van der Waals surface area (Å²) in [6.07, 6.45) is 3.92. The van der Waals surface area contributed by atoms with Gasteiger partial charge < -0.3 is 9.64 Å². The largest absolute Gasteiger partial charge is 0.497 e. The zero-order valence-electron chi connectivity index (χ0n) is 14.3. The van der Waals surface area contributed by atoms with Crippen molar-refractivity contribution in [2.75, 3.05) is 25.1 Å². The topological polar surface area (TPSA) is 55.6 Å². The van der Waals surface area contributed by atoms with Gasteiger partial charge in [0.25, 0.3) is 5.78 Å². The quantitative estimate of drug-likeness (QED) is 0.669. The van der Waals surface area contributed by atoms with Crippen molar-refractivity contribution < 1.29 is 4.74 Å². The lowest BCUT2D eigenvalue weighted by Gasteiger charge is -2.34. The van der Waals surface area contributed by atoms with Crippen molar-refractivity contribution >= 4 is 23.2 Å². The molecule has 1 unspecified atom stereocenters. The molecule has 3 heterocycles. The number of benzene rings is 1. The lowest BCUT2D eigenvalue weighted by molar-refractivity contribution is 0.415. The summed E-state index contributed by atoms with van der Waals surface area (Å²) in [6, 6.07) is 7.86. The van der Waals surface area contributed by atoms with E-state index in [1.54, 1.807) is 11.6 Å². The normalized spacial score (nSPS) is 17.9. The number of ether oxygens (including phenoxy) is 1. The fourth-order valence-electron chi connectivity index (χ4n) is 3.48. The fourth-order valence-corrected chi connectivity index (χ4v) is 3.75. The molecule has 1 saturated heterocycles. The molecule has 0 bridgehead atoms. The van der Waals surface area contributed by atoms with Crippen LogP contribution in [0.5, 0.6) is 5.75 Å². The zero-order chi connectivity index (χ0) is 17.4. The summed E-state index contributed by atoms with van der Waals surface area (Å²) in [5, 5.41) is 4.84. The van der Waals surface area contributed by atoms with Crippen LogP contribution in [0.25, 0.3) is 16.9 Å². The molecule has 4 rings (SSSR count). The standard InChI is InChI=1S/C18H20ClN5O/c1-12-4-3-9-23(10-12)17-15(13-5-7-14(25-2)8-6-13)16(19)22-18-20-11-21-24(17)18/h5-8,11-12H,3-4,9-10H2,1-2H3. The third kappa shape index (κ3) is 2.91. The Bertz CT molecular complexity index is 892. The predicted octanol–water partition coefficient (Wildman–Crippen LogP) is 3.69. The smallest absolute Gasteiger partial charge is 0.255 e. The van der Waals surface area contributed by atoms with Gasteiger partial charge in [-0.15, -0.1) is 0 Å². The van der Waals surface area contributed by atoms with Gasteiger partial charge in [-0.05, 0) is 36.5 Å². The number of rotatable bonds is 3. The van der Waals surface area contributed by atoms with E-state index in [1.165, 1.54) is 12.7 Å². The van der Waals surface area contributed by atoms with Crippen molar-refractivity contribution in [3.63, 3.8) is 0 Å². The monoisotopic (exact) mass is 357 g/mol. The van der Waals surface area contributed by atoms with E-state index in [2.05, 4.69) is 26.9 Å². The van der Waals surface area contributed by atoms with Gasteiger partial charge in [0.05, 0.1) is 12.7 Å². The molecule has 0 aliphatic carbocycles. The SMILES string of the molecule is COc1ccc(-c2c(Cl)nc3ncnn3c2N2CCCC(C)C2)cc1. The molecular weight excluding hydrogens is 338 g/mol. The van der Waals surface area contributed by atoms with Crippen LogP contribution in [0.3, 0.4) is 0 Å². The summed E-state index contributed by atoms with van der Waals surface area (Å²) in [4.78, 5) is 11.0. The highest BCUT2D eigenvalue weighted by Crippen LogP contribution is 2.38. The number of fused-ring (bicyclic) bond motifs is 1. The van der Waals surface area contributed by atoms with Gasteiger partial charge in [-0.2, -0.15) is 19.6 Å². The minimum atomic E-state index is 0.443. The number of aromatic nitrogens is 4. The highest BCUT2D eigenvalue weighted by molar-refractivity contribution is 6.33. The highest BCUT2D eigenvalue weighted by atomic mass is 35.5. The summed E-state index contributed by atoms with van der Waals surface area (Å²) >= 11 is 6.58. The van der Waals surface area contributed by atoms with Crippen LogP contribution in [0.2, 0.25) is 5.15 Å². The van der Waals surface area contributed by atoms with E-state index in [0.717, 1.165) is 42.2 Å². The molecule has 7 heteroatoms. The van der Waals surface area contributed by atoms with Gasteiger partial charge in [-0.25, -0.2) is 0 Å². The number of nitrogens with zero attached hydrogens (tertiary/aromatic N) is 5. The number of hydrogen-bond acceptors (Lipinski definition) is 5.